The van der Waals surface area contributed by atoms with Crippen molar-refractivity contribution < 1.29 is 4.74 Å². The fraction of sp³-hybridized carbons (Fsp3) is 0.105. The standard InChI is InChI=1S/C19H16N4OS/c1-13-7-9-15(10-8-13)18-20-21-19-23(18)22-17(25-19)12-11-14-5-3-4-6-16(14)24-2/h3-12H,1-2H3/b12-11+. The average Bonchev–Trinajstić information content (AvgIpc) is 3.21. The molecule has 0 spiro atoms. The van der Waals surface area contributed by atoms with Gasteiger partial charge in [-0.15, -0.1) is 10.2 Å². The first-order chi connectivity index (χ1) is 12.2. The fourth-order valence-electron chi connectivity index (χ4n) is 2.55. The molecule has 0 unspecified atom stereocenters. The van der Waals surface area contributed by atoms with Crippen molar-refractivity contribution in [3.05, 3.63) is 64.7 Å². The molecule has 0 aliphatic heterocycles. The molecule has 0 atom stereocenters. The molecule has 0 aliphatic carbocycles. The molecule has 124 valence electrons. The Morgan fingerprint density at radius 1 is 1.00 bits per heavy atom. The highest BCUT2D eigenvalue weighted by atomic mass is 32.1. The highest BCUT2D eigenvalue weighted by molar-refractivity contribution is 7.17. The topological polar surface area (TPSA) is 52.3 Å². The van der Waals surface area contributed by atoms with Crippen molar-refractivity contribution in [1.29, 1.82) is 0 Å². The number of para-hydroxylation sites is 1. The fourth-order valence-corrected chi connectivity index (χ4v) is 3.29. The molecule has 5 nitrogen and oxygen atoms in total. The minimum absolute atomic E-state index is 0.753. The van der Waals surface area contributed by atoms with E-state index < -0.39 is 0 Å². The third-order valence-electron chi connectivity index (χ3n) is 3.86. The Morgan fingerprint density at radius 3 is 2.60 bits per heavy atom. The number of aromatic nitrogens is 4. The van der Waals surface area contributed by atoms with Gasteiger partial charge >= 0.3 is 0 Å². The Balaban J connectivity index is 1.68. The third-order valence-corrected chi connectivity index (χ3v) is 4.72. The van der Waals surface area contributed by atoms with Crippen LogP contribution < -0.4 is 4.74 Å². The van der Waals surface area contributed by atoms with E-state index in [-0.39, 0.29) is 0 Å². The summed E-state index contributed by atoms with van der Waals surface area (Å²) < 4.78 is 7.16. The molecule has 0 saturated carbocycles. The number of ether oxygens (including phenoxy) is 1. The molecular weight excluding hydrogens is 332 g/mol. The molecule has 25 heavy (non-hydrogen) atoms. The van der Waals surface area contributed by atoms with Crippen LogP contribution in [0, 0.1) is 6.92 Å². The van der Waals surface area contributed by atoms with Crippen LogP contribution in [0.3, 0.4) is 0 Å². The van der Waals surface area contributed by atoms with Gasteiger partial charge in [-0.05, 0) is 25.1 Å². The minimum Gasteiger partial charge on any atom is -0.496 e. The van der Waals surface area contributed by atoms with E-state index >= 15 is 0 Å². The van der Waals surface area contributed by atoms with Gasteiger partial charge in [0.05, 0.1) is 7.11 Å². The normalized spacial score (nSPS) is 11.4. The van der Waals surface area contributed by atoms with Gasteiger partial charge in [0.1, 0.15) is 10.8 Å². The lowest BCUT2D eigenvalue weighted by Gasteiger charge is -2.02. The monoisotopic (exact) mass is 348 g/mol. The number of hydrogen-bond donors (Lipinski definition) is 0. The second kappa shape index (κ2) is 6.49. The number of hydrogen-bond acceptors (Lipinski definition) is 5. The predicted octanol–water partition coefficient (Wildman–Crippen LogP) is 4.34. The van der Waals surface area contributed by atoms with Crippen molar-refractivity contribution in [2.45, 2.75) is 6.92 Å². The number of fused-ring (bicyclic) bond motifs is 1. The van der Waals surface area contributed by atoms with Crippen LogP contribution in [0.5, 0.6) is 5.75 Å². The summed E-state index contributed by atoms with van der Waals surface area (Å²) in [6, 6.07) is 16.1. The maximum absolute atomic E-state index is 5.37. The summed E-state index contributed by atoms with van der Waals surface area (Å²) in [6.07, 6.45) is 3.96. The smallest absolute Gasteiger partial charge is 0.235 e. The van der Waals surface area contributed by atoms with Gasteiger partial charge in [-0.2, -0.15) is 9.61 Å². The lowest BCUT2D eigenvalue weighted by atomic mass is 10.1. The van der Waals surface area contributed by atoms with Gasteiger partial charge in [0.15, 0.2) is 5.82 Å². The van der Waals surface area contributed by atoms with E-state index in [0.717, 1.165) is 32.7 Å². The number of methoxy groups -OCH3 is 1. The van der Waals surface area contributed by atoms with E-state index in [0.29, 0.717) is 0 Å². The molecular formula is C19H16N4OS. The Kier molecular flexibility index (Phi) is 4.03. The van der Waals surface area contributed by atoms with E-state index in [1.165, 1.54) is 16.9 Å². The molecule has 2 aromatic heterocycles. The Hall–Kier alpha value is -2.99. The highest BCUT2D eigenvalue weighted by Gasteiger charge is 2.12. The van der Waals surface area contributed by atoms with Crippen molar-refractivity contribution >= 4 is 28.4 Å². The van der Waals surface area contributed by atoms with Crippen LogP contribution in [0.4, 0.5) is 0 Å². The molecule has 0 N–H and O–H groups in total. The van der Waals surface area contributed by atoms with E-state index in [4.69, 9.17) is 4.74 Å². The van der Waals surface area contributed by atoms with Crippen molar-refractivity contribution in [3.63, 3.8) is 0 Å². The summed E-state index contributed by atoms with van der Waals surface area (Å²) in [5.74, 6) is 1.59. The zero-order valence-corrected chi connectivity index (χ0v) is 14.7. The number of nitrogens with zero attached hydrogens (tertiary/aromatic N) is 4. The van der Waals surface area contributed by atoms with Gasteiger partial charge in [-0.1, -0.05) is 59.4 Å². The summed E-state index contributed by atoms with van der Waals surface area (Å²) in [5.41, 5.74) is 3.22. The predicted molar refractivity (Wildman–Crippen MR) is 101 cm³/mol. The summed E-state index contributed by atoms with van der Waals surface area (Å²) in [7, 11) is 1.67. The van der Waals surface area contributed by atoms with Crippen LogP contribution in [0.25, 0.3) is 28.5 Å². The van der Waals surface area contributed by atoms with Crippen LogP contribution in [0.2, 0.25) is 0 Å². The van der Waals surface area contributed by atoms with Gasteiger partial charge in [-0.3, -0.25) is 0 Å². The maximum Gasteiger partial charge on any atom is 0.235 e. The average molecular weight is 348 g/mol. The minimum atomic E-state index is 0.753. The quantitative estimate of drug-likeness (QED) is 0.550. The van der Waals surface area contributed by atoms with E-state index in [2.05, 4.69) is 34.4 Å². The SMILES string of the molecule is COc1ccccc1/C=C/c1nn2c(-c3ccc(C)cc3)nnc2s1. The first kappa shape index (κ1) is 15.5. The van der Waals surface area contributed by atoms with Gasteiger partial charge in [0, 0.05) is 11.1 Å². The van der Waals surface area contributed by atoms with Crippen molar-refractivity contribution in [3.8, 4) is 17.1 Å². The van der Waals surface area contributed by atoms with Crippen LogP contribution in [-0.2, 0) is 0 Å². The van der Waals surface area contributed by atoms with Gasteiger partial charge in [0.2, 0.25) is 4.96 Å². The largest absolute Gasteiger partial charge is 0.496 e. The second-order valence-corrected chi connectivity index (χ2v) is 6.59. The summed E-state index contributed by atoms with van der Waals surface area (Å²) in [6.45, 7) is 2.06. The van der Waals surface area contributed by atoms with E-state index in [1.54, 1.807) is 11.6 Å². The van der Waals surface area contributed by atoms with Gasteiger partial charge < -0.3 is 4.74 Å². The van der Waals surface area contributed by atoms with Crippen LogP contribution in [0.1, 0.15) is 16.1 Å². The highest BCUT2D eigenvalue weighted by Crippen LogP contribution is 2.24. The first-order valence-corrected chi connectivity index (χ1v) is 8.66. The van der Waals surface area contributed by atoms with Crippen LogP contribution in [0.15, 0.2) is 48.5 Å². The molecule has 2 aromatic carbocycles. The molecule has 0 aliphatic rings. The number of rotatable bonds is 4. The van der Waals surface area contributed by atoms with E-state index in [9.17, 15) is 0 Å². The summed E-state index contributed by atoms with van der Waals surface area (Å²) >= 11 is 1.50. The molecule has 0 fully saturated rings. The maximum atomic E-state index is 5.37. The molecule has 0 amide bonds. The van der Waals surface area contributed by atoms with Crippen molar-refractivity contribution in [2.24, 2.45) is 0 Å². The van der Waals surface area contributed by atoms with Crippen LogP contribution >= 0.6 is 11.3 Å². The summed E-state index contributed by atoms with van der Waals surface area (Å²) in [4.78, 5) is 0.773. The Bertz CT molecular complexity index is 1050. The lowest BCUT2D eigenvalue weighted by molar-refractivity contribution is 0.414. The Labute approximate surface area is 149 Å². The molecule has 4 rings (SSSR count). The number of benzene rings is 2. The molecule has 0 radical (unpaired) electrons. The zero-order valence-electron chi connectivity index (χ0n) is 13.9. The number of aryl methyl sites for hydroxylation is 1. The van der Waals surface area contributed by atoms with Crippen molar-refractivity contribution in [2.75, 3.05) is 7.11 Å². The Morgan fingerprint density at radius 2 is 1.80 bits per heavy atom. The van der Waals surface area contributed by atoms with E-state index in [1.807, 2.05) is 48.6 Å². The third kappa shape index (κ3) is 3.04. The molecule has 2 heterocycles. The zero-order chi connectivity index (χ0) is 17.2. The van der Waals surface area contributed by atoms with Gasteiger partial charge in [0.25, 0.3) is 0 Å². The lowest BCUT2D eigenvalue weighted by Crippen LogP contribution is -1.90. The first-order valence-electron chi connectivity index (χ1n) is 7.85. The molecule has 4 aromatic rings. The molecule has 0 saturated heterocycles. The van der Waals surface area contributed by atoms with Gasteiger partial charge in [-0.25, -0.2) is 0 Å². The summed E-state index contributed by atoms with van der Waals surface area (Å²) in [5, 5.41) is 14.0. The molecule has 0 bridgehead atoms. The molecule has 6 heteroatoms. The van der Waals surface area contributed by atoms with Crippen LogP contribution in [-0.4, -0.2) is 26.9 Å². The second-order valence-electron chi connectivity index (χ2n) is 5.60. The van der Waals surface area contributed by atoms with Crippen molar-refractivity contribution in [1.82, 2.24) is 19.8 Å².